The van der Waals surface area contributed by atoms with Crippen LogP contribution in [-0.4, -0.2) is 63.1 Å². The van der Waals surface area contributed by atoms with Crippen molar-refractivity contribution in [2.75, 3.05) is 6.61 Å². The molecule has 1 spiro atoms. The highest BCUT2D eigenvalue weighted by Gasteiger charge is 2.68. The Kier molecular flexibility index (Phi) is 3.62. The van der Waals surface area contributed by atoms with E-state index in [1.165, 1.54) is 0 Å². The number of hydrogen-bond acceptors (Lipinski definition) is 5. The average Bonchev–Trinajstić information content (AvgIpc) is 2.81. The highest BCUT2D eigenvalue weighted by Crippen LogP contribution is 2.46. The quantitative estimate of drug-likeness (QED) is 0.313. The second-order valence-electron chi connectivity index (χ2n) is 4.12. The molecule has 0 amide bonds. The average molecular weight is 242 g/mol. The molecule has 2 rings (SSSR count). The zero-order valence-corrected chi connectivity index (χ0v) is 8.84. The van der Waals surface area contributed by atoms with Gasteiger partial charge >= 0.3 is 0 Å². The monoisotopic (exact) mass is 241 g/mol. The lowest BCUT2D eigenvalue weighted by molar-refractivity contribution is -0.411. The first-order valence-corrected chi connectivity index (χ1v) is 4.69. The minimum absolute atomic E-state index is 0. The lowest BCUT2D eigenvalue weighted by atomic mass is 9.93. The van der Waals surface area contributed by atoms with Crippen molar-refractivity contribution in [3.63, 3.8) is 0 Å². The van der Waals surface area contributed by atoms with Crippen LogP contribution in [0.5, 0.6) is 0 Å². The van der Waals surface area contributed by atoms with Crippen LogP contribution in [0.25, 0.3) is 0 Å². The molecule has 0 bridgehead atoms. The van der Waals surface area contributed by atoms with Crippen molar-refractivity contribution in [1.82, 2.24) is 0 Å². The fourth-order valence-corrected chi connectivity index (χ4v) is 2.10. The van der Waals surface area contributed by atoms with Crippen molar-refractivity contribution in [2.24, 2.45) is 0 Å². The van der Waals surface area contributed by atoms with Gasteiger partial charge in [0.1, 0.15) is 30.5 Å². The molecule has 0 radical (unpaired) electrons. The molecule has 6 nitrogen and oxygen atoms in total. The van der Waals surface area contributed by atoms with E-state index in [4.69, 9.17) is 9.84 Å². The van der Waals surface area contributed by atoms with E-state index in [-0.39, 0.29) is 25.1 Å². The summed E-state index contributed by atoms with van der Waals surface area (Å²) in [6, 6.07) is -0.0892. The van der Waals surface area contributed by atoms with Crippen LogP contribution in [0.3, 0.4) is 0 Å². The van der Waals surface area contributed by atoms with Gasteiger partial charge in [-0.25, -0.2) is 0 Å². The molecule has 6 atom stereocenters. The molecule has 1 saturated carbocycles. The van der Waals surface area contributed by atoms with Gasteiger partial charge < -0.3 is 43.3 Å². The second-order valence-corrected chi connectivity index (χ2v) is 4.12. The summed E-state index contributed by atoms with van der Waals surface area (Å²) in [5, 5.41) is 37.5. The summed E-state index contributed by atoms with van der Waals surface area (Å²) in [4.78, 5) is 0. The van der Waals surface area contributed by atoms with Crippen LogP contribution in [0.15, 0.2) is 0 Å². The van der Waals surface area contributed by atoms with Crippen molar-refractivity contribution in [1.29, 1.82) is 0 Å². The molecular weight excluding hydrogens is 226 g/mol. The number of ether oxygens (including phenoxy) is 1. The molecule has 7 heteroatoms. The van der Waals surface area contributed by atoms with Crippen LogP contribution in [0.1, 0.15) is 6.42 Å². The SMILES string of the molecule is [Cl-].[NH3+][C@H]1C[C@]12O[C@H](CO)[C@@H](O)[C@H](O)[C@H]2O. The number of quaternary nitrogens is 1. The molecule has 0 aromatic rings. The van der Waals surface area contributed by atoms with E-state index in [0.717, 1.165) is 0 Å². The van der Waals surface area contributed by atoms with Crippen LogP contribution in [0, 0.1) is 0 Å². The van der Waals surface area contributed by atoms with E-state index in [1.807, 2.05) is 0 Å². The van der Waals surface area contributed by atoms with Crippen LogP contribution < -0.4 is 18.1 Å². The third-order valence-electron chi connectivity index (χ3n) is 3.20. The number of aliphatic hydroxyl groups excluding tert-OH is 4. The summed E-state index contributed by atoms with van der Waals surface area (Å²) in [6.45, 7) is -0.376. The predicted molar refractivity (Wildman–Crippen MR) is 44.0 cm³/mol. The van der Waals surface area contributed by atoms with Gasteiger partial charge in [0.2, 0.25) is 0 Å². The molecule has 0 aromatic carbocycles. The molecule has 0 aromatic heterocycles. The molecule has 1 heterocycles. The summed E-state index contributed by atoms with van der Waals surface area (Å²) in [6.07, 6.45) is -3.92. The van der Waals surface area contributed by atoms with Gasteiger partial charge in [-0.15, -0.1) is 0 Å². The molecule has 0 unspecified atom stereocenters. The summed E-state index contributed by atoms with van der Waals surface area (Å²) < 4.78 is 5.37. The molecule has 2 aliphatic rings. The van der Waals surface area contributed by atoms with Gasteiger partial charge in [0, 0.05) is 6.42 Å². The molecule has 1 aliphatic heterocycles. The Balaban J connectivity index is 0.00000112. The predicted octanol–water partition coefficient (Wildman–Crippen LogP) is -6.78. The van der Waals surface area contributed by atoms with Gasteiger partial charge in [-0.1, -0.05) is 0 Å². The minimum Gasteiger partial charge on any atom is -1.00 e. The van der Waals surface area contributed by atoms with Crippen LogP contribution in [0.2, 0.25) is 0 Å². The molecule has 15 heavy (non-hydrogen) atoms. The van der Waals surface area contributed by atoms with Crippen LogP contribution in [0.4, 0.5) is 0 Å². The van der Waals surface area contributed by atoms with Crippen molar-refractivity contribution in [3.05, 3.63) is 0 Å². The highest BCUT2D eigenvalue weighted by atomic mass is 35.5. The summed E-state index contributed by atoms with van der Waals surface area (Å²) >= 11 is 0. The summed E-state index contributed by atoms with van der Waals surface area (Å²) in [5.74, 6) is 0. The van der Waals surface area contributed by atoms with Gasteiger partial charge in [-0.3, -0.25) is 0 Å². The molecule has 90 valence electrons. The zero-order valence-electron chi connectivity index (χ0n) is 8.08. The molecule has 2 fully saturated rings. The highest BCUT2D eigenvalue weighted by molar-refractivity contribution is 5.16. The number of halogens is 1. The maximum absolute atomic E-state index is 9.67. The third kappa shape index (κ3) is 1.76. The molecule has 1 saturated heterocycles. The van der Waals surface area contributed by atoms with E-state index < -0.39 is 30.0 Å². The molecule has 7 N–H and O–H groups in total. The largest absolute Gasteiger partial charge is 1.00 e. The maximum atomic E-state index is 9.67. The van der Waals surface area contributed by atoms with Crippen LogP contribution in [-0.2, 0) is 4.74 Å². The smallest absolute Gasteiger partial charge is 0.154 e. The summed E-state index contributed by atoms with van der Waals surface area (Å²) in [5.41, 5.74) is 2.89. The van der Waals surface area contributed by atoms with Crippen molar-refractivity contribution in [2.45, 2.75) is 42.5 Å². The Morgan fingerprint density at radius 3 is 2.20 bits per heavy atom. The van der Waals surface area contributed by atoms with Gasteiger partial charge in [-0.05, 0) is 0 Å². The van der Waals surface area contributed by atoms with Crippen molar-refractivity contribution >= 4 is 0 Å². The topological polar surface area (TPSA) is 118 Å². The van der Waals surface area contributed by atoms with E-state index in [9.17, 15) is 15.3 Å². The number of hydrogen-bond donors (Lipinski definition) is 5. The van der Waals surface area contributed by atoms with Gasteiger partial charge in [-0.2, -0.15) is 0 Å². The third-order valence-corrected chi connectivity index (χ3v) is 3.20. The Bertz CT molecular complexity index is 241. The molecular formula is C8H16ClNO5. The van der Waals surface area contributed by atoms with Crippen molar-refractivity contribution < 1.29 is 43.3 Å². The lowest BCUT2D eigenvalue weighted by Crippen LogP contribution is -3.00. The normalized spacial score (nSPS) is 53.8. The van der Waals surface area contributed by atoms with Gasteiger partial charge in [0.15, 0.2) is 5.60 Å². The van der Waals surface area contributed by atoms with E-state index in [1.54, 1.807) is 0 Å². The van der Waals surface area contributed by atoms with E-state index in [2.05, 4.69) is 5.73 Å². The first-order chi connectivity index (χ1) is 6.53. The van der Waals surface area contributed by atoms with Gasteiger partial charge in [0.05, 0.1) is 6.61 Å². The Morgan fingerprint density at radius 2 is 1.80 bits per heavy atom. The maximum Gasteiger partial charge on any atom is 0.154 e. The fraction of sp³-hybridized carbons (Fsp3) is 1.00. The Labute approximate surface area is 93.1 Å². The minimum atomic E-state index is -1.27. The summed E-state index contributed by atoms with van der Waals surface area (Å²) in [7, 11) is 0. The van der Waals surface area contributed by atoms with Crippen LogP contribution >= 0.6 is 0 Å². The first kappa shape index (κ1) is 13.1. The number of rotatable bonds is 1. The molecule has 1 aliphatic carbocycles. The first-order valence-electron chi connectivity index (χ1n) is 4.69. The van der Waals surface area contributed by atoms with E-state index >= 15 is 0 Å². The second kappa shape index (κ2) is 4.14. The Morgan fingerprint density at radius 1 is 1.27 bits per heavy atom. The Hall–Kier alpha value is 0.0500. The zero-order chi connectivity index (χ0) is 10.5. The van der Waals surface area contributed by atoms with Gasteiger partial charge in [0.25, 0.3) is 0 Å². The van der Waals surface area contributed by atoms with Crippen molar-refractivity contribution in [3.8, 4) is 0 Å². The van der Waals surface area contributed by atoms with E-state index in [0.29, 0.717) is 6.42 Å². The lowest BCUT2D eigenvalue weighted by Gasteiger charge is -2.40. The fourth-order valence-electron chi connectivity index (χ4n) is 2.10. The number of aliphatic hydroxyl groups is 4. The standard InChI is InChI=1S/C8H15NO5.ClH/c9-4-1-8(4)7(13)6(12)5(11)3(2-10)14-8;/h3-7,10-13H,1-2,9H2;1H/t3-,4+,5-,6+,7-,8+;/m1./s1.